The highest BCUT2D eigenvalue weighted by molar-refractivity contribution is 6.36. The molecule has 3 aliphatic carbocycles. The molecule has 37 heavy (non-hydrogen) atoms. The third kappa shape index (κ3) is 3.14. The number of imide groups is 1. The first-order valence-electron chi connectivity index (χ1n) is 12.4. The van der Waals surface area contributed by atoms with E-state index in [-0.39, 0.29) is 12.5 Å². The quantitative estimate of drug-likeness (QED) is 0.252. The van der Waals surface area contributed by atoms with Crippen molar-refractivity contribution in [2.45, 2.75) is 36.2 Å². The topological polar surface area (TPSA) is 63.7 Å². The largest absolute Gasteiger partial charge is 0.459 e. The summed E-state index contributed by atoms with van der Waals surface area (Å²) >= 11 is 15.0. The molecule has 0 spiro atoms. The number of halogens is 2. The van der Waals surface area contributed by atoms with E-state index in [1.807, 2.05) is 78.9 Å². The molecule has 0 saturated carbocycles. The Morgan fingerprint density at radius 1 is 0.784 bits per heavy atom. The van der Waals surface area contributed by atoms with Gasteiger partial charge in [0.15, 0.2) is 0 Å². The minimum Gasteiger partial charge on any atom is -0.459 e. The molecule has 0 radical (unpaired) electrons. The highest BCUT2D eigenvalue weighted by atomic mass is 35.5. The Balaban J connectivity index is 1.45. The van der Waals surface area contributed by atoms with Gasteiger partial charge in [0.1, 0.15) is 22.4 Å². The maximum absolute atomic E-state index is 14.2. The Bertz CT molecular complexity index is 1310. The van der Waals surface area contributed by atoms with Crippen LogP contribution in [0.2, 0.25) is 0 Å². The van der Waals surface area contributed by atoms with Gasteiger partial charge in [-0.1, -0.05) is 92.7 Å². The zero-order valence-corrected chi connectivity index (χ0v) is 21.9. The third-order valence-corrected chi connectivity index (χ3v) is 9.28. The summed E-state index contributed by atoms with van der Waals surface area (Å²) in [6, 6.07) is 23.1. The Hall–Kier alpha value is -3.15. The molecule has 2 amide bonds. The van der Waals surface area contributed by atoms with Crippen molar-refractivity contribution in [2.24, 2.45) is 17.8 Å². The van der Waals surface area contributed by atoms with Gasteiger partial charge in [-0.2, -0.15) is 0 Å². The Morgan fingerprint density at radius 2 is 1.19 bits per heavy atom. The monoisotopic (exact) mass is 533 g/mol. The van der Waals surface area contributed by atoms with E-state index in [9.17, 15) is 14.4 Å². The van der Waals surface area contributed by atoms with Crippen molar-refractivity contribution in [3.05, 3.63) is 107 Å². The van der Waals surface area contributed by atoms with Crippen LogP contribution in [0.1, 0.15) is 41.7 Å². The van der Waals surface area contributed by atoms with Crippen LogP contribution < -0.4 is 0 Å². The van der Waals surface area contributed by atoms with Crippen molar-refractivity contribution in [3.63, 3.8) is 0 Å². The molecule has 188 valence electrons. The number of carbonyl (C=O) groups excluding carboxylic acids is 3. The number of alkyl halides is 2. The van der Waals surface area contributed by atoms with Crippen molar-refractivity contribution < 1.29 is 19.1 Å². The van der Waals surface area contributed by atoms with Crippen LogP contribution in [0.4, 0.5) is 0 Å². The van der Waals surface area contributed by atoms with Crippen molar-refractivity contribution in [2.75, 3.05) is 0 Å². The van der Waals surface area contributed by atoms with Gasteiger partial charge in [-0.3, -0.25) is 14.5 Å². The fourth-order valence-corrected chi connectivity index (χ4v) is 7.55. The van der Waals surface area contributed by atoms with E-state index in [1.54, 1.807) is 13.8 Å². The summed E-state index contributed by atoms with van der Waals surface area (Å²) in [7, 11) is 0. The lowest BCUT2D eigenvalue weighted by Crippen LogP contribution is -2.57. The van der Waals surface area contributed by atoms with Gasteiger partial charge in [0.25, 0.3) is 0 Å². The molecular weight excluding hydrogens is 509 g/mol. The SMILES string of the molecule is CC(C)[C@@H](C(=O)OCc1ccccc1)N1C(=O)[C@@H]2[C@@H](C1=O)C1(Cl)c3ccccc3C2(Cl)c2ccccc21. The van der Waals surface area contributed by atoms with Crippen LogP contribution in [0, 0.1) is 17.8 Å². The van der Waals surface area contributed by atoms with E-state index in [0.29, 0.717) is 0 Å². The Labute approximate surface area is 225 Å². The lowest BCUT2D eigenvalue weighted by molar-refractivity contribution is -0.162. The normalized spacial score (nSPS) is 28.1. The van der Waals surface area contributed by atoms with Crippen molar-refractivity contribution >= 4 is 41.0 Å². The maximum atomic E-state index is 14.2. The Kier molecular flexibility index (Phi) is 5.52. The number of hydrogen-bond donors (Lipinski definition) is 0. The summed E-state index contributed by atoms with van der Waals surface area (Å²) in [4.78, 5) is 40.3. The van der Waals surface area contributed by atoms with Gasteiger partial charge >= 0.3 is 5.97 Å². The summed E-state index contributed by atoms with van der Waals surface area (Å²) in [6.45, 7) is 3.63. The molecule has 1 saturated heterocycles. The maximum Gasteiger partial charge on any atom is 0.329 e. The molecule has 1 heterocycles. The molecule has 0 unspecified atom stereocenters. The van der Waals surface area contributed by atoms with Crippen LogP contribution in [0.25, 0.3) is 0 Å². The number of amides is 2. The summed E-state index contributed by atoms with van der Waals surface area (Å²) in [5, 5.41) is 0. The molecule has 2 bridgehead atoms. The minimum absolute atomic E-state index is 0.0434. The van der Waals surface area contributed by atoms with Crippen molar-refractivity contribution in [1.29, 1.82) is 0 Å². The molecule has 0 N–H and O–H groups in total. The summed E-state index contributed by atoms with van der Waals surface area (Å²) < 4.78 is 5.61. The number of hydrogen-bond acceptors (Lipinski definition) is 4. The first-order chi connectivity index (χ1) is 17.7. The van der Waals surface area contributed by atoms with Crippen molar-refractivity contribution in [1.82, 2.24) is 4.90 Å². The lowest BCUT2D eigenvalue weighted by Gasteiger charge is -2.54. The number of ether oxygens (including phenoxy) is 1. The van der Waals surface area contributed by atoms with E-state index >= 15 is 0 Å². The second-order valence-corrected chi connectivity index (χ2v) is 11.5. The van der Waals surface area contributed by atoms with Crippen LogP contribution >= 0.6 is 23.2 Å². The molecule has 4 aliphatic rings. The second-order valence-electron chi connectivity index (χ2n) is 10.3. The molecule has 3 atom stereocenters. The van der Waals surface area contributed by atoms with E-state index < -0.39 is 45.4 Å². The average molecular weight is 534 g/mol. The van der Waals surface area contributed by atoms with E-state index in [4.69, 9.17) is 27.9 Å². The number of esters is 1. The number of carbonyl (C=O) groups is 3. The van der Waals surface area contributed by atoms with Crippen LogP contribution in [-0.4, -0.2) is 28.7 Å². The molecule has 3 aromatic carbocycles. The number of likely N-dealkylation sites (tertiary alicyclic amines) is 1. The van der Waals surface area contributed by atoms with Gasteiger partial charge in [-0.05, 0) is 33.7 Å². The molecule has 7 heteroatoms. The molecular formula is C30H25Cl2NO4. The van der Waals surface area contributed by atoms with E-state index in [1.165, 1.54) is 0 Å². The van der Waals surface area contributed by atoms with Gasteiger partial charge in [-0.25, -0.2) is 4.79 Å². The highest BCUT2D eigenvalue weighted by Crippen LogP contribution is 2.69. The minimum atomic E-state index is -1.29. The average Bonchev–Trinajstić information content (AvgIpc) is 3.17. The first kappa shape index (κ1) is 24.2. The van der Waals surface area contributed by atoms with Crippen LogP contribution in [0.3, 0.4) is 0 Å². The molecule has 0 aromatic heterocycles. The zero-order chi connectivity index (χ0) is 26.1. The number of benzene rings is 3. The number of nitrogens with zero attached hydrogens (tertiary/aromatic N) is 1. The third-order valence-electron chi connectivity index (χ3n) is 7.99. The van der Waals surface area contributed by atoms with Crippen LogP contribution in [-0.2, 0) is 35.5 Å². The van der Waals surface area contributed by atoms with Gasteiger partial charge < -0.3 is 4.74 Å². The predicted octanol–water partition coefficient (Wildman–Crippen LogP) is 5.35. The van der Waals surface area contributed by atoms with E-state index in [2.05, 4.69) is 0 Å². The Morgan fingerprint density at radius 3 is 1.59 bits per heavy atom. The summed E-state index contributed by atoms with van der Waals surface area (Å²) in [5.74, 6) is -3.90. The van der Waals surface area contributed by atoms with Gasteiger partial charge in [0.05, 0.1) is 11.8 Å². The molecule has 3 aromatic rings. The molecule has 5 nitrogen and oxygen atoms in total. The first-order valence-corrected chi connectivity index (χ1v) is 13.1. The van der Waals surface area contributed by atoms with Crippen LogP contribution in [0.5, 0.6) is 0 Å². The number of rotatable bonds is 5. The zero-order valence-electron chi connectivity index (χ0n) is 20.4. The fourth-order valence-electron chi connectivity index (χ4n) is 6.45. The van der Waals surface area contributed by atoms with E-state index in [0.717, 1.165) is 32.7 Å². The second kappa shape index (κ2) is 8.44. The van der Waals surface area contributed by atoms with Gasteiger partial charge in [0, 0.05) is 0 Å². The summed E-state index contributed by atoms with van der Waals surface area (Å²) in [5.41, 5.74) is 3.71. The predicted molar refractivity (Wildman–Crippen MR) is 140 cm³/mol. The van der Waals surface area contributed by atoms with Crippen LogP contribution in [0.15, 0.2) is 78.9 Å². The highest BCUT2D eigenvalue weighted by Gasteiger charge is 2.74. The van der Waals surface area contributed by atoms with Gasteiger partial charge in [-0.15, -0.1) is 23.2 Å². The summed E-state index contributed by atoms with van der Waals surface area (Å²) in [6.07, 6.45) is 0. The van der Waals surface area contributed by atoms with Gasteiger partial charge in [0.2, 0.25) is 11.8 Å². The molecule has 1 aliphatic heterocycles. The molecule has 7 rings (SSSR count). The van der Waals surface area contributed by atoms with Crippen molar-refractivity contribution in [3.8, 4) is 0 Å². The smallest absolute Gasteiger partial charge is 0.329 e. The fraction of sp³-hybridized carbons (Fsp3) is 0.300. The lowest BCUT2D eigenvalue weighted by atomic mass is 9.54. The standard InChI is InChI=1S/C30H25Cl2NO4/c1-17(2)25(28(36)37-16-18-10-4-3-5-11-18)33-26(34)23-24(27(33)35)30(32)20-13-7-6-12-19(20)29(23,31)21-14-8-9-15-22(21)30/h3-15,17,23-25H,16H2,1-2H3/t23-,24-,25-,29?,30?/m0/s1. The molecule has 1 fully saturated rings.